The van der Waals surface area contributed by atoms with Crippen LogP contribution in [0.4, 0.5) is 0 Å². The molecule has 5 rings (SSSR count). The molecule has 1 N–H and O–H groups in total. The normalized spacial score (nSPS) is 22.1. The molecule has 35 heavy (non-hydrogen) atoms. The molecule has 2 heterocycles. The molecule has 1 amide bonds. The summed E-state index contributed by atoms with van der Waals surface area (Å²) in [7, 11) is -3.50. The van der Waals surface area contributed by atoms with Crippen molar-refractivity contribution in [1.82, 2.24) is 14.5 Å². The molecule has 3 aliphatic rings. The van der Waals surface area contributed by atoms with Gasteiger partial charge in [-0.1, -0.05) is 36.4 Å². The lowest BCUT2D eigenvalue weighted by atomic mass is 9.95. The summed E-state index contributed by atoms with van der Waals surface area (Å²) in [6, 6.07) is 16.1. The van der Waals surface area contributed by atoms with E-state index in [2.05, 4.69) is 34.5 Å². The summed E-state index contributed by atoms with van der Waals surface area (Å²) in [4.78, 5) is 15.8. The van der Waals surface area contributed by atoms with Crippen LogP contribution in [0.5, 0.6) is 0 Å². The molecule has 1 unspecified atom stereocenters. The van der Waals surface area contributed by atoms with Gasteiger partial charge in [0.15, 0.2) is 0 Å². The zero-order valence-electron chi connectivity index (χ0n) is 20.5. The first-order valence-corrected chi connectivity index (χ1v) is 14.6. The first-order valence-electron chi connectivity index (χ1n) is 13.1. The molecule has 2 fully saturated rings. The highest BCUT2D eigenvalue weighted by Crippen LogP contribution is 2.29. The summed E-state index contributed by atoms with van der Waals surface area (Å²) in [5.41, 5.74) is 3.78. The molecule has 0 spiro atoms. The van der Waals surface area contributed by atoms with Gasteiger partial charge >= 0.3 is 0 Å². The van der Waals surface area contributed by atoms with E-state index in [1.54, 1.807) is 10.4 Å². The Morgan fingerprint density at radius 1 is 0.914 bits per heavy atom. The Bertz CT molecular complexity index is 1130. The number of hydrogen-bond acceptors (Lipinski definition) is 4. The van der Waals surface area contributed by atoms with Gasteiger partial charge in [-0.15, -0.1) is 0 Å². The minimum Gasteiger partial charge on any atom is -0.356 e. The average molecular weight is 496 g/mol. The van der Waals surface area contributed by atoms with Gasteiger partial charge < -0.3 is 5.32 Å². The molecule has 0 aromatic heterocycles. The van der Waals surface area contributed by atoms with Crippen LogP contribution in [0.1, 0.15) is 48.8 Å². The minimum absolute atomic E-state index is 0.0831. The van der Waals surface area contributed by atoms with Crippen molar-refractivity contribution in [3.63, 3.8) is 0 Å². The molecule has 188 valence electrons. The van der Waals surface area contributed by atoms with Crippen LogP contribution < -0.4 is 5.32 Å². The van der Waals surface area contributed by atoms with Crippen molar-refractivity contribution >= 4 is 15.9 Å². The second kappa shape index (κ2) is 10.8. The minimum atomic E-state index is -3.50. The largest absolute Gasteiger partial charge is 0.356 e. The van der Waals surface area contributed by atoms with Gasteiger partial charge in [0, 0.05) is 38.6 Å². The van der Waals surface area contributed by atoms with Crippen LogP contribution in [0.2, 0.25) is 0 Å². The van der Waals surface area contributed by atoms with Crippen LogP contribution in [0.15, 0.2) is 53.4 Å². The van der Waals surface area contributed by atoms with Gasteiger partial charge in [0.05, 0.1) is 4.90 Å². The van der Waals surface area contributed by atoms with Gasteiger partial charge in [-0.25, -0.2) is 8.42 Å². The predicted octanol–water partition coefficient (Wildman–Crippen LogP) is 3.60. The summed E-state index contributed by atoms with van der Waals surface area (Å²) in [5, 5.41) is 3.19. The van der Waals surface area contributed by atoms with E-state index in [1.165, 1.54) is 16.7 Å². The lowest BCUT2D eigenvalue weighted by Crippen LogP contribution is -2.45. The third-order valence-corrected chi connectivity index (χ3v) is 9.84. The number of benzene rings is 2. The van der Waals surface area contributed by atoms with E-state index >= 15 is 0 Å². The van der Waals surface area contributed by atoms with Crippen LogP contribution in [0, 0.1) is 11.8 Å². The number of amides is 1. The van der Waals surface area contributed by atoms with Crippen molar-refractivity contribution < 1.29 is 13.2 Å². The lowest BCUT2D eigenvalue weighted by Gasteiger charge is -2.34. The Labute approximate surface area is 209 Å². The zero-order chi connectivity index (χ0) is 24.3. The predicted molar refractivity (Wildman–Crippen MR) is 137 cm³/mol. The average Bonchev–Trinajstić information content (AvgIpc) is 3.36. The highest BCUT2D eigenvalue weighted by molar-refractivity contribution is 7.89. The topological polar surface area (TPSA) is 69.7 Å². The third-order valence-electron chi connectivity index (χ3n) is 7.95. The van der Waals surface area contributed by atoms with Crippen molar-refractivity contribution in [1.29, 1.82) is 0 Å². The SMILES string of the molecule is O=C(NCC1CCCN(Cc2ccccc2)C1)C1CCN(S(=O)(=O)c2ccc3c(c2)CCC3)CC1. The summed E-state index contributed by atoms with van der Waals surface area (Å²) in [5.74, 6) is 0.446. The van der Waals surface area contributed by atoms with Crippen molar-refractivity contribution in [3.05, 3.63) is 65.2 Å². The number of nitrogens with zero attached hydrogens (tertiary/aromatic N) is 2. The van der Waals surface area contributed by atoms with E-state index in [-0.39, 0.29) is 11.8 Å². The first kappa shape index (κ1) is 24.5. The van der Waals surface area contributed by atoms with Crippen molar-refractivity contribution in [2.75, 3.05) is 32.7 Å². The highest BCUT2D eigenvalue weighted by Gasteiger charge is 2.33. The number of piperidine rings is 2. The Balaban J connectivity index is 1.09. The third kappa shape index (κ3) is 5.79. The fraction of sp³-hybridized carbons (Fsp3) is 0.536. The number of rotatable bonds is 7. The molecule has 1 atom stereocenters. The number of sulfonamides is 1. The summed E-state index contributed by atoms with van der Waals surface area (Å²) < 4.78 is 27.9. The molecule has 2 aromatic carbocycles. The Morgan fingerprint density at radius 3 is 2.49 bits per heavy atom. The molecular weight excluding hydrogens is 458 g/mol. The zero-order valence-corrected chi connectivity index (χ0v) is 21.3. The lowest BCUT2D eigenvalue weighted by molar-refractivity contribution is -0.126. The summed E-state index contributed by atoms with van der Waals surface area (Å²) in [6.45, 7) is 4.60. The summed E-state index contributed by atoms with van der Waals surface area (Å²) >= 11 is 0. The summed E-state index contributed by atoms with van der Waals surface area (Å²) in [6.07, 6.45) is 6.58. The quantitative estimate of drug-likeness (QED) is 0.637. The Kier molecular flexibility index (Phi) is 7.56. The standard InChI is InChI=1S/C28H37N3O3S/c32-28(29-19-23-8-5-15-30(21-23)20-22-6-2-1-3-7-22)25-13-16-31(17-14-25)35(33,34)27-12-11-24-9-4-10-26(24)18-27/h1-3,6-7,11-12,18,23,25H,4-5,8-10,13-17,19-21H2,(H,29,32). The number of aryl methyl sites for hydroxylation is 2. The highest BCUT2D eigenvalue weighted by atomic mass is 32.2. The van der Waals surface area contributed by atoms with E-state index < -0.39 is 10.0 Å². The Hall–Kier alpha value is -2.22. The molecular formula is C28H37N3O3S. The fourth-order valence-electron chi connectivity index (χ4n) is 5.91. The first-order chi connectivity index (χ1) is 17.0. The van der Waals surface area contributed by atoms with Crippen LogP contribution >= 0.6 is 0 Å². The maximum absolute atomic E-state index is 13.2. The molecule has 7 heteroatoms. The van der Waals surface area contributed by atoms with E-state index in [1.807, 2.05) is 18.2 Å². The van der Waals surface area contributed by atoms with E-state index in [4.69, 9.17) is 0 Å². The molecule has 0 radical (unpaired) electrons. The molecule has 2 aromatic rings. The van der Waals surface area contributed by atoms with Crippen molar-refractivity contribution in [2.24, 2.45) is 11.8 Å². The molecule has 2 aliphatic heterocycles. The molecule has 6 nitrogen and oxygen atoms in total. The van der Waals surface area contributed by atoms with Gasteiger partial charge in [0.2, 0.25) is 15.9 Å². The van der Waals surface area contributed by atoms with Gasteiger partial charge in [-0.2, -0.15) is 4.31 Å². The smallest absolute Gasteiger partial charge is 0.243 e. The molecule has 2 saturated heterocycles. The second-order valence-electron chi connectivity index (χ2n) is 10.4. The number of carbonyl (C=O) groups is 1. The number of nitrogens with one attached hydrogen (secondary N) is 1. The number of fused-ring (bicyclic) bond motifs is 1. The van der Waals surface area contributed by atoms with Crippen LogP contribution in [-0.2, 0) is 34.2 Å². The van der Waals surface area contributed by atoms with Gasteiger partial charge in [0.25, 0.3) is 0 Å². The van der Waals surface area contributed by atoms with Crippen molar-refractivity contribution in [2.45, 2.75) is 56.4 Å². The molecule has 0 bridgehead atoms. The number of likely N-dealkylation sites (tertiary alicyclic amines) is 1. The number of carbonyl (C=O) groups excluding carboxylic acids is 1. The van der Waals surface area contributed by atoms with E-state index in [9.17, 15) is 13.2 Å². The van der Waals surface area contributed by atoms with Crippen LogP contribution in [0.3, 0.4) is 0 Å². The van der Waals surface area contributed by atoms with E-state index in [0.29, 0.717) is 43.3 Å². The maximum Gasteiger partial charge on any atom is 0.243 e. The molecule has 1 aliphatic carbocycles. The fourth-order valence-corrected chi connectivity index (χ4v) is 7.43. The monoisotopic (exact) mass is 495 g/mol. The molecule has 0 saturated carbocycles. The van der Waals surface area contributed by atoms with Gasteiger partial charge in [-0.3, -0.25) is 9.69 Å². The van der Waals surface area contributed by atoms with Crippen LogP contribution in [0.25, 0.3) is 0 Å². The number of hydrogen-bond donors (Lipinski definition) is 1. The van der Waals surface area contributed by atoms with Gasteiger partial charge in [0.1, 0.15) is 0 Å². The van der Waals surface area contributed by atoms with Gasteiger partial charge in [-0.05, 0) is 86.2 Å². The van der Waals surface area contributed by atoms with Crippen LogP contribution in [-0.4, -0.2) is 56.3 Å². The Morgan fingerprint density at radius 2 is 1.69 bits per heavy atom. The van der Waals surface area contributed by atoms with Crippen molar-refractivity contribution in [3.8, 4) is 0 Å². The second-order valence-corrected chi connectivity index (χ2v) is 12.4. The van der Waals surface area contributed by atoms with E-state index in [0.717, 1.165) is 51.7 Å². The maximum atomic E-state index is 13.2.